The summed E-state index contributed by atoms with van der Waals surface area (Å²) >= 11 is 3.46. The number of halogens is 1. The predicted octanol–water partition coefficient (Wildman–Crippen LogP) is 1.42. The molecule has 104 valence electrons. The van der Waals surface area contributed by atoms with Gasteiger partial charge >= 0.3 is 0 Å². The summed E-state index contributed by atoms with van der Waals surface area (Å²) in [5, 5.41) is 13.4. The topological polar surface area (TPSA) is 60.0 Å². The first kappa shape index (κ1) is 13.2. The van der Waals surface area contributed by atoms with Crippen molar-refractivity contribution in [2.45, 2.75) is 18.6 Å². The van der Waals surface area contributed by atoms with E-state index in [1.807, 2.05) is 12.1 Å². The second kappa shape index (κ2) is 5.28. The Morgan fingerprint density at radius 1 is 1.37 bits per heavy atom. The van der Waals surface area contributed by atoms with Crippen LogP contribution in [0.3, 0.4) is 0 Å². The van der Waals surface area contributed by atoms with E-state index < -0.39 is 5.60 Å². The summed E-state index contributed by atoms with van der Waals surface area (Å²) in [5.74, 6) is 1.51. The molecule has 5 nitrogen and oxygen atoms in total. The highest BCUT2D eigenvalue weighted by Gasteiger charge is 2.31. The second-order valence-corrected chi connectivity index (χ2v) is 5.80. The van der Waals surface area contributed by atoms with E-state index in [0.29, 0.717) is 32.7 Å². The highest BCUT2D eigenvalue weighted by atomic mass is 79.9. The standard InChI is InChI=1S/C13H16BrNO4/c14-10-3-9(4-11-12(10)19-8-18-11)5-15-6-13(16)1-2-17-7-13/h3-4,15-16H,1-2,5-8H2. The predicted molar refractivity (Wildman–Crippen MR) is 72.4 cm³/mol. The lowest BCUT2D eigenvalue weighted by Crippen LogP contribution is -2.40. The van der Waals surface area contributed by atoms with Gasteiger partial charge in [0.1, 0.15) is 5.60 Å². The van der Waals surface area contributed by atoms with Crippen LogP contribution in [0.5, 0.6) is 11.5 Å². The zero-order valence-corrected chi connectivity index (χ0v) is 12.0. The van der Waals surface area contributed by atoms with Crippen molar-refractivity contribution in [3.05, 3.63) is 22.2 Å². The number of nitrogens with one attached hydrogen (secondary N) is 1. The van der Waals surface area contributed by atoms with Gasteiger partial charge in [-0.3, -0.25) is 0 Å². The molecule has 0 spiro atoms. The molecule has 3 rings (SSSR count). The van der Waals surface area contributed by atoms with Gasteiger partial charge in [-0.25, -0.2) is 0 Å². The van der Waals surface area contributed by atoms with Crippen LogP contribution in [-0.2, 0) is 11.3 Å². The van der Waals surface area contributed by atoms with Gasteiger partial charge in [-0.2, -0.15) is 0 Å². The van der Waals surface area contributed by atoms with Crippen molar-refractivity contribution in [2.75, 3.05) is 26.6 Å². The van der Waals surface area contributed by atoms with E-state index in [1.165, 1.54) is 0 Å². The summed E-state index contributed by atoms with van der Waals surface area (Å²) in [4.78, 5) is 0. The molecule has 2 heterocycles. The van der Waals surface area contributed by atoms with E-state index in [4.69, 9.17) is 14.2 Å². The van der Waals surface area contributed by atoms with Crippen LogP contribution in [0.2, 0.25) is 0 Å². The van der Waals surface area contributed by atoms with Gasteiger partial charge in [-0.15, -0.1) is 0 Å². The van der Waals surface area contributed by atoms with Crippen molar-refractivity contribution in [1.29, 1.82) is 0 Å². The molecular formula is C13H16BrNO4. The number of fused-ring (bicyclic) bond motifs is 1. The molecule has 0 amide bonds. The number of rotatable bonds is 4. The van der Waals surface area contributed by atoms with E-state index in [-0.39, 0.29) is 6.79 Å². The Labute approximate surface area is 120 Å². The Morgan fingerprint density at radius 3 is 3.05 bits per heavy atom. The SMILES string of the molecule is OC1(CNCc2cc(Br)c3c(c2)OCO3)CCOC1. The van der Waals surface area contributed by atoms with E-state index >= 15 is 0 Å². The molecule has 2 aliphatic heterocycles. The fourth-order valence-corrected chi connectivity index (χ4v) is 2.90. The number of ether oxygens (including phenoxy) is 3. The number of hydrogen-bond acceptors (Lipinski definition) is 5. The van der Waals surface area contributed by atoms with Crippen molar-refractivity contribution in [3.63, 3.8) is 0 Å². The van der Waals surface area contributed by atoms with Crippen LogP contribution < -0.4 is 14.8 Å². The van der Waals surface area contributed by atoms with Crippen LogP contribution in [0.4, 0.5) is 0 Å². The molecule has 6 heteroatoms. The third-order valence-electron chi connectivity index (χ3n) is 3.35. The molecule has 1 atom stereocenters. The van der Waals surface area contributed by atoms with Crippen molar-refractivity contribution >= 4 is 15.9 Å². The minimum atomic E-state index is -0.729. The fourth-order valence-electron chi connectivity index (χ4n) is 2.30. The fraction of sp³-hybridized carbons (Fsp3) is 0.538. The van der Waals surface area contributed by atoms with Gasteiger partial charge in [0.2, 0.25) is 6.79 Å². The Kier molecular flexibility index (Phi) is 3.66. The van der Waals surface area contributed by atoms with Gasteiger partial charge < -0.3 is 24.6 Å². The zero-order chi connectivity index (χ0) is 13.3. The van der Waals surface area contributed by atoms with Crippen LogP contribution in [-0.4, -0.2) is 37.3 Å². The van der Waals surface area contributed by atoms with Crippen LogP contribution in [0.15, 0.2) is 16.6 Å². The monoisotopic (exact) mass is 329 g/mol. The smallest absolute Gasteiger partial charge is 0.231 e. The lowest BCUT2D eigenvalue weighted by Gasteiger charge is -2.20. The average Bonchev–Trinajstić information content (AvgIpc) is 2.98. The van der Waals surface area contributed by atoms with E-state index in [0.717, 1.165) is 21.5 Å². The zero-order valence-electron chi connectivity index (χ0n) is 10.4. The normalized spacial score (nSPS) is 24.9. The molecule has 0 bridgehead atoms. The number of hydrogen-bond donors (Lipinski definition) is 2. The summed E-state index contributed by atoms with van der Waals surface area (Å²) in [6, 6.07) is 3.95. The summed E-state index contributed by atoms with van der Waals surface area (Å²) in [6.45, 7) is 2.50. The highest BCUT2D eigenvalue weighted by Crippen LogP contribution is 2.39. The Bertz CT molecular complexity index is 474. The molecule has 2 N–H and O–H groups in total. The van der Waals surface area contributed by atoms with Crippen molar-refractivity contribution in [3.8, 4) is 11.5 Å². The molecule has 0 aromatic heterocycles. The summed E-state index contributed by atoms with van der Waals surface area (Å²) in [5.41, 5.74) is 0.353. The molecule has 1 saturated heterocycles. The third kappa shape index (κ3) is 2.86. The first-order chi connectivity index (χ1) is 9.16. The molecule has 19 heavy (non-hydrogen) atoms. The van der Waals surface area contributed by atoms with Crippen LogP contribution in [0.25, 0.3) is 0 Å². The van der Waals surface area contributed by atoms with Gasteiger partial charge in [0.05, 0.1) is 11.1 Å². The molecule has 0 saturated carbocycles. The van der Waals surface area contributed by atoms with E-state index in [2.05, 4.69) is 21.2 Å². The first-order valence-corrected chi connectivity index (χ1v) is 7.04. The van der Waals surface area contributed by atoms with Crippen molar-refractivity contribution < 1.29 is 19.3 Å². The van der Waals surface area contributed by atoms with Crippen molar-refractivity contribution in [2.24, 2.45) is 0 Å². The van der Waals surface area contributed by atoms with E-state index in [1.54, 1.807) is 0 Å². The molecule has 1 unspecified atom stereocenters. The Hall–Kier alpha value is -0.820. The maximum atomic E-state index is 10.1. The highest BCUT2D eigenvalue weighted by molar-refractivity contribution is 9.10. The molecule has 1 aromatic rings. The summed E-state index contributed by atoms with van der Waals surface area (Å²) < 4.78 is 16.8. The molecular weight excluding hydrogens is 314 g/mol. The van der Waals surface area contributed by atoms with E-state index in [9.17, 15) is 5.11 Å². The number of benzene rings is 1. The molecule has 0 aliphatic carbocycles. The number of aliphatic hydroxyl groups is 1. The van der Waals surface area contributed by atoms with Gasteiger partial charge in [0.25, 0.3) is 0 Å². The summed E-state index contributed by atoms with van der Waals surface area (Å²) in [7, 11) is 0. The molecule has 2 aliphatic rings. The molecule has 1 fully saturated rings. The van der Waals surface area contributed by atoms with Crippen LogP contribution in [0, 0.1) is 0 Å². The minimum Gasteiger partial charge on any atom is -0.454 e. The Balaban J connectivity index is 1.60. The van der Waals surface area contributed by atoms with Crippen molar-refractivity contribution in [1.82, 2.24) is 5.32 Å². The van der Waals surface area contributed by atoms with Gasteiger partial charge in [-0.1, -0.05) is 0 Å². The third-order valence-corrected chi connectivity index (χ3v) is 3.94. The Morgan fingerprint density at radius 2 is 2.26 bits per heavy atom. The largest absolute Gasteiger partial charge is 0.454 e. The maximum absolute atomic E-state index is 10.1. The van der Waals surface area contributed by atoms with Gasteiger partial charge in [-0.05, 0) is 33.6 Å². The first-order valence-electron chi connectivity index (χ1n) is 6.25. The minimum absolute atomic E-state index is 0.266. The van der Waals surface area contributed by atoms with Gasteiger partial charge in [0, 0.05) is 26.1 Å². The summed E-state index contributed by atoms with van der Waals surface area (Å²) in [6.07, 6.45) is 0.685. The maximum Gasteiger partial charge on any atom is 0.231 e. The molecule has 0 radical (unpaired) electrons. The quantitative estimate of drug-likeness (QED) is 0.874. The van der Waals surface area contributed by atoms with Gasteiger partial charge in [0.15, 0.2) is 11.5 Å². The lowest BCUT2D eigenvalue weighted by molar-refractivity contribution is 0.0268. The average molecular weight is 330 g/mol. The second-order valence-electron chi connectivity index (χ2n) is 4.94. The van der Waals surface area contributed by atoms with Crippen LogP contribution >= 0.6 is 15.9 Å². The van der Waals surface area contributed by atoms with Crippen LogP contribution in [0.1, 0.15) is 12.0 Å². The molecule has 1 aromatic carbocycles. The lowest BCUT2D eigenvalue weighted by atomic mass is 10.0.